The molecule has 0 bridgehead atoms. The van der Waals surface area contributed by atoms with Gasteiger partial charge < -0.3 is 4.90 Å². The molecule has 0 amide bonds. The molecule has 0 spiro atoms. The van der Waals surface area contributed by atoms with Crippen LogP contribution in [0.5, 0.6) is 0 Å². The largest absolute Gasteiger partial charge is 0.352 e. The van der Waals surface area contributed by atoms with Crippen LogP contribution in [0.1, 0.15) is 47.0 Å². The number of rotatable bonds is 4. The Balaban J connectivity index is 3.14. The monoisotopic (exact) mass is 328 g/mol. The van der Waals surface area contributed by atoms with E-state index in [1.165, 1.54) is 16.8 Å². The van der Waals surface area contributed by atoms with Crippen molar-refractivity contribution in [2.75, 3.05) is 7.05 Å². The summed E-state index contributed by atoms with van der Waals surface area (Å²) in [5.41, 5.74) is 4.88. The van der Waals surface area contributed by atoms with Gasteiger partial charge >= 0.3 is 0 Å². The van der Waals surface area contributed by atoms with Gasteiger partial charge in [0.05, 0.1) is 6.07 Å². The lowest BCUT2D eigenvalue weighted by Gasteiger charge is -2.32. The van der Waals surface area contributed by atoms with Gasteiger partial charge in [0.2, 0.25) is 0 Å². The lowest BCUT2D eigenvalue weighted by molar-refractivity contribution is 0.360. The average Bonchev–Trinajstić information content (AvgIpc) is 2.46. The van der Waals surface area contributed by atoms with Crippen molar-refractivity contribution >= 4 is 9.24 Å². The molecule has 1 aliphatic carbocycles. The van der Waals surface area contributed by atoms with E-state index in [0.717, 1.165) is 25.0 Å². The Hall–Kier alpha value is -1.58. The number of hydrogen-bond acceptors (Lipinski definition) is 2. The minimum Gasteiger partial charge on any atom is -0.352 e. The smallest absolute Gasteiger partial charge is 0.0990 e. The molecule has 23 heavy (non-hydrogen) atoms. The first kappa shape index (κ1) is 19.5. The Morgan fingerprint density at radius 1 is 1.39 bits per heavy atom. The van der Waals surface area contributed by atoms with Crippen molar-refractivity contribution < 1.29 is 0 Å². The Kier molecular flexibility index (Phi) is 7.04. The van der Waals surface area contributed by atoms with Gasteiger partial charge in [-0.1, -0.05) is 48.7 Å². The van der Waals surface area contributed by atoms with Crippen LogP contribution in [-0.4, -0.2) is 11.9 Å². The summed E-state index contributed by atoms with van der Waals surface area (Å²) in [7, 11) is 4.55. The van der Waals surface area contributed by atoms with Gasteiger partial charge in [-0.3, -0.25) is 0 Å². The summed E-state index contributed by atoms with van der Waals surface area (Å²) in [6.07, 6.45) is 11.8. The molecular weight excluding hydrogens is 299 g/mol. The van der Waals surface area contributed by atoms with E-state index in [9.17, 15) is 0 Å². The van der Waals surface area contributed by atoms with Crippen LogP contribution in [0.2, 0.25) is 0 Å². The molecule has 0 N–H and O–H groups in total. The fourth-order valence-corrected chi connectivity index (χ4v) is 2.83. The number of nitriles is 1. The van der Waals surface area contributed by atoms with Crippen molar-refractivity contribution in [3.05, 3.63) is 58.7 Å². The third kappa shape index (κ3) is 6.20. The zero-order valence-corrected chi connectivity index (χ0v) is 16.3. The summed E-state index contributed by atoms with van der Waals surface area (Å²) in [4.78, 5) is 2.15. The topological polar surface area (TPSA) is 27.0 Å². The van der Waals surface area contributed by atoms with Crippen molar-refractivity contribution in [3.63, 3.8) is 0 Å². The summed E-state index contributed by atoms with van der Waals surface area (Å²) in [6.45, 7) is 12.7. The quantitative estimate of drug-likeness (QED) is 0.489. The van der Waals surface area contributed by atoms with Crippen LogP contribution < -0.4 is 0 Å². The highest BCUT2D eigenvalue weighted by atomic mass is 31.0. The van der Waals surface area contributed by atoms with E-state index in [1.807, 2.05) is 13.0 Å². The lowest BCUT2D eigenvalue weighted by Crippen LogP contribution is -2.25. The minimum absolute atomic E-state index is 0.0555. The Morgan fingerprint density at radius 3 is 2.57 bits per heavy atom. The molecule has 0 aromatic rings. The van der Waals surface area contributed by atoms with Crippen LogP contribution in [-0.2, 0) is 0 Å². The van der Waals surface area contributed by atoms with Crippen LogP contribution in [0, 0.1) is 16.7 Å². The van der Waals surface area contributed by atoms with Gasteiger partial charge in [0.15, 0.2) is 0 Å². The Bertz CT molecular complexity index is 619. The molecule has 1 unspecified atom stereocenters. The highest BCUT2D eigenvalue weighted by Crippen LogP contribution is 2.31. The number of nitrogens with zero attached hydrogens (tertiary/aromatic N) is 2. The maximum absolute atomic E-state index is 8.91. The molecule has 1 aliphatic rings. The van der Waals surface area contributed by atoms with Crippen LogP contribution in [0.25, 0.3) is 0 Å². The minimum atomic E-state index is 0.0555. The highest BCUT2D eigenvalue weighted by Gasteiger charge is 2.20. The van der Waals surface area contributed by atoms with E-state index in [2.05, 4.69) is 72.8 Å². The van der Waals surface area contributed by atoms with Crippen molar-refractivity contribution in [1.29, 1.82) is 5.26 Å². The molecule has 0 heterocycles. The first-order valence-corrected chi connectivity index (χ1v) is 8.61. The van der Waals surface area contributed by atoms with Crippen molar-refractivity contribution in [3.8, 4) is 6.07 Å². The predicted octanol–water partition coefficient (Wildman–Crippen LogP) is 5.70. The van der Waals surface area contributed by atoms with Gasteiger partial charge in [0.1, 0.15) is 0 Å². The molecule has 0 saturated carbocycles. The van der Waals surface area contributed by atoms with Crippen LogP contribution in [0.15, 0.2) is 58.7 Å². The molecule has 0 aromatic carbocycles. The summed E-state index contributed by atoms with van der Waals surface area (Å²) in [5, 5.41) is 9.59. The van der Waals surface area contributed by atoms with Gasteiger partial charge in [-0.2, -0.15) is 5.26 Å². The van der Waals surface area contributed by atoms with Crippen LogP contribution >= 0.6 is 9.24 Å². The molecule has 0 fully saturated rings. The normalized spacial score (nSPS) is 18.5. The van der Waals surface area contributed by atoms with E-state index in [1.54, 1.807) is 0 Å². The van der Waals surface area contributed by atoms with Gasteiger partial charge in [0, 0.05) is 29.2 Å². The molecule has 0 saturated heterocycles. The summed E-state index contributed by atoms with van der Waals surface area (Å²) < 4.78 is 0. The summed E-state index contributed by atoms with van der Waals surface area (Å²) in [5.74, 6) is 0. The molecule has 1 atom stereocenters. The molecule has 124 valence electrons. The molecule has 0 radical (unpaired) electrons. The molecule has 2 nitrogen and oxygen atoms in total. The van der Waals surface area contributed by atoms with E-state index >= 15 is 0 Å². The van der Waals surface area contributed by atoms with Gasteiger partial charge in [-0.15, -0.1) is 0 Å². The Morgan fingerprint density at radius 2 is 2.04 bits per heavy atom. The van der Waals surface area contributed by atoms with E-state index in [-0.39, 0.29) is 5.41 Å². The maximum atomic E-state index is 8.91. The van der Waals surface area contributed by atoms with E-state index in [0.29, 0.717) is 5.31 Å². The molecule has 3 heteroatoms. The molecule has 1 rings (SSSR count). The lowest BCUT2D eigenvalue weighted by atomic mass is 9.89. The second-order valence-electron chi connectivity index (χ2n) is 7.12. The predicted molar refractivity (Wildman–Crippen MR) is 104 cm³/mol. The number of hydrogen-bond donors (Lipinski definition) is 0. The molecular formula is C20H29N2P. The van der Waals surface area contributed by atoms with E-state index < -0.39 is 0 Å². The van der Waals surface area contributed by atoms with Crippen molar-refractivity contribution in [2.45, 2.75) is 47.0 Å². The Labute approximate surface area is 144 Å². The molecule has 0 aromatic heterocycles. The highest BCUT2D eigenvalue weighted by molar-refractivity contribution is 7.23. The van der Waals surface area contributed by atoms with Crippen LogP contribution in [0.4, 0.5) is 0 Å². The standard InChI is InChI=1S/C20H29N2P/c1-15(2)22(6)19(20(3,4)5)11-10-16-8-7-9-17(12-16)13-18(23)14-21/h10-13H,1,7-9,23H2,2-6H3/b16-10+,18-13+,19-11-. The average molecular weight is 328 g/mol. The fourth-order valence-electron chi connectivity index (χ4n) is 2.61. The van der Waals surface area contributed by atoms with Crippen molar-refractivity contribution in [2.24, 2.45) is 5.41 Å². The zero-order valence-electron chi connectivity index (χ0n) is 15.1. The summed E-state index contributed by atoms with van der Waals surface area (Å²) >= 11 is 0. The third-order valence-corrected chi connectivity index (χ3v) is 4.23. The van der Waals surface area contributed by atoms with E-state index in [4.69, 9.17) is 5.26 Å². The SMILES string of the molecule is C=C(C)N(C)/C(=C\C=C1C=C(/C=C(/P)C#N)CCC\1)C(C)(C)C. The van der Waals surface area contributed by atoms with Crippen molar-refractivity contribution in [1.82, 2.24) is 4.90 Å². The molecule has 0 aliphatic heterocycles. The number of allylic oxidation sites excluding steroid dienone is 9. The summed E-state index contributed by atoms with van der Waals surface area (Å²) in [6, 6.07) is 2.16. The first-order chi connectivity index (χ1) is 10.6. The van der Waals surface area contributed by atoms with Gasteiger partial charge in [-0.25, -0.2) is 0 Å². The third-order valence-electron chi connectivity index (χ3n) is 3.93. The second-order valence-corrected chi connectivity index (χ2v) is 7.74. The first-order valence-electron chi connectivity index (χ1n) is 8.03. The zero-order chi connectivity index (χ0) is 17.6. The van der Waals surface area contributed by atoms with Gasteiger partial charge in [-0.05, 0) is 49.5 Å². The second kappa shape index (κ2) is 8.32. The van der Waals surface area contributed by atoms with Gasteiger partial charge in [0.25, 0.3) is 0 Å². The van der Waals surface area contributed by atoms with Crippen LogP contribution in [0.3, 0.4) is 0 Å². The fraction of sp³-hybridized carbons (Fsp3) is 0.450. The maximum Gasteiger partial charge on any atom is 0.0990 e.